The summed E-state index contributed by atoms with van der Waals surface area (Å²) in [6.45, 7) is 5.10. The molecule has 1 aliphatic rings. The molecule has 1 saturated carbocycles. The fourth-order valence-corrected chi connectivity index (χ4v) is 2.29. The van der Waals surface area contributed by atoms with Crippen molar-refractivity contribution in [1.82, 2.24) is 10.6 Å². The zero-order valence-electron chi connectivity index (χ0n) is 11.8. The van der Waals surface area contributed by atoms with Gasteiger partial charge in [-0.2, -0.15) is 0 Å². The maximum absolute atomic E-state index is 11.6. The molecule has 1 rings (SSSR count). The van der Waals surface area contributed by atoms with Gasteiger partial charge in [-0.05, 0) is 25.7 Å². The minimum absolute atomic E-state index is 0.0495. The van der Waals surface area contributed by atoms with Crippen LogP contribution in [-0.4, -0.2) is 42.9 Å². The standard InChI is InChI=1S/C14H24N2O4/c1-2-3-8-20-9-7-15-14(19)16-12-6-4-5-11(10-12)13(17)18/h2,11-12H,1,3-10H2,(H,17,18)(H2,15,16,19). The Morgan fingerprint density at radius 2 is 2.15 bits per heavy atom. The number of aliphatic carboxylic acids is 1. The first kappa shape index (κ1) is 16.5. The molecule has 6 heteroatoms. The molecule has 1 aliphatic carbocycles. The predicted octanol–water partition coefficient (Wildman–Crippen LogP) is 1.52. The minimum Gasteiger partial charge on any atom is -0.481 e. The molecule has 114 valence electrons. The van der Waals surface area contributed by atoms with Crippen LogP contribution in [0.3, 0.4) is 0 Å². The summed E-state index contributed by atoms with van der Waals surface area (Å²) in [6.07, 6.45) is 5.47. The topological polar surface area (TPSA) is 87.7 Å². The van der Waals surface area contributed by atoms with Crippen molar-refractivity contribution in [3.8, 4) is 0 Å². The van der Waals surface area contributed by atoms with Crippen LogP contribution in [0.1, 0.15) is 32.1 Å². The highest BCUT2D eigenvalue weighted by Crippen LogP contribution is 2.24. The van der Waals surface area contributed by atoms with Crippen LogP contribution < -0.4 is 10.6 Å². The first-order valence-electron chi connectivity index (χ1n) is 7.09. The summed E-state index contributed by atoms with van der Waals surface area (Å²) in [5, 5.41) is 14.5. The summed E-state index contributed by atoms with van der Waals surface area (Å²) in [5.41, 5.74) is 0. The monoisotopic (exact) mass is 284 g/mol. The van der Waals surface area contributed by atoms with Gasteiger partial charge in [0.1, 0.15) is 0 Å². The van der Waals surface area contributed by atoms with E-state index >= 15 is 0 Å². The number of rotatable bonds is 8. The van der Waals surface area contributed by atoms with Crippen LogP contribution in [0.5, 0.6) is 0 Å². The van der Waals surface area contributed by atoms with Crippen molar-refractivity contribution in [3.63, 3.8) is 0 Å². The van der Waals surface area contributed by atoms with Gasteiger partial charge in [0, 0.05) is 12.6 Å². The van der Waals surface area contributed by atoms with Crippen molar-refractivity contribution < 1.29 is 19.4 Å². The summed E-state index contributed by atoms with van der Waals surface area (Å²) in [5.74, 6) is -1.11. The normalized spacial score (nSPS) is 22.0. The molecule has 0 aromatic rings. The molecule has 0 aromatic carbocycles. The molecule has 0 bridgehead atoms. The van der Waals surface area contributed by atoms with Gasteiger partial charge in [0.05, 0.1) is 19.1 Å². The van der Waals surface area contributed by atoms with E-state index in [1.165, 1.54) is 0 Å². The lowest BCUT2D eigenvalue weighted by molar-refractivity contribution is -0.143. The lowest BCUT2D eigenvalue weighted by Crippen LogP contribution is -2.45. The number of nitrogens with one attached hydrogen (secondary N) is 2. The van der Waals surface area contributed by atoms with Gasteiger partial charge in [0.15, 0.2) is 0 Å². The Hall–Kier alpha value is -1.56. The van der Waals surface area contributed by atoms with E-state index in [1.54, 1.807) is 6.08 Å². The molecule has 0 radical (unpaired) electrons. The summed E-state index contributed by atoms with van der Waals surface area (Å²) in [7, 11) is 0. The van der Waals surface area contributed by atoms with Crippen LogP contribution in [0.4, 0.5) is 4.79 Å². The van der Waals surface area contributed by atoms with Gasteiger partial charge >= 0.3 is 12.0 Å². The first-order valence-corrected chi connectivity index (χ1v) is 7.09. The lowest BCUT2D eigenvalue weighted by atomic mass is 9.86. The molecule has 0 aromatic heterocycles. The number of carbonyl (C=O) groups excluding carboxylic acids is 1. The van der Waals surface area contributed by atoms with Gasteiger partial charge in [-0.3, -0.25) is 4.79 Å². The van der Waals surface area contributed by atoms with Gasteiger partial charge in [0.2, 0.25) is 0 Å². The highest BCUT2D eigenvalue weighted by molar-refractivity contribution is 5.74. The highest BCUT2D eigenvalue weighted by Gasteiger charge is 2.27. The third-order valence-electron chi connectivity index (χ3n) is 3.36. The van der Waals surface area contributed by atoms with E-state index in [0.717, 1.165) is 19.3 Å². The number of carbonyl (C=O) groups is 2. The Bertz CT molecular complexity index is 333. The number of urea groups is 1. The summed E-state index contributed by atoms with van der Waals surface area (Å²) < 4.78 is 5.27. The molecule has 2 atom stereocenters. The summed E-state index contributed by atoms with van der Waals surface area (Å²) in [4.78, 5) is 22.6. The molecule has 0 heterocycles. The Kier molecular flexibility index (Phi) is 7.72. The molecular weight excluding hydrogens is 260 g/mol. The van der Waals surface area contributed by atoms with Gasteiger partial charge in [-0.25, -0.2) is 4.79 Å². The average molecular weight is 284 g/mol. The quantitative estimate of drug-likeness (QED) is 0.466. The van der Waals surface area contributed by atoms with Crippen LogP contribution >= 0.6 is 0 Å². The van der Waals surface area contributed by atoms with Crippen molar-refractivity contribution in [2.45, 2.75) is 38.1 Å². The van der Waals surface area contributed by atoms with Crippen LogP contribution in [0.25, 0.3) is 0 Å². The van der Waals surface area contributed by atoms with Crippen molar-refractivity contribution in [2.75, 3.05) is 19.8 Å². The van der Waals surface area contributed by atoms with Gasteiger partial charge in [0.25, 0.3) is 0 Å². The maximum atomic E-state index is 11.6. The molecule has 20 heavy (non-hydrogen) atoms. The van der Waals surface area contributed by atoms with E-state index in [2.05, 4.69) is 17.2 Å². The number of carboxylic acids is 1. The Morgan fingerprint density at radius 1 is 1.35 bits per heavy atom. The van der Waals surface area contributed by atoms with E-state index in [0.29, 0.717) is 32.6 Å². The lowest BCUT2D eigenvalue weighted by Gasteiger charge is -2.27. The second kappa shape index (κ2) is 9.36. The Labute approximate surface area is 119 Å². The smallest absolute Gasteiger partial charge is 0.315 e. The fourth-order valence-electron chi connectivity index (χ4n) is 2.29. The first-order chi connectivity index (χ1) is 9.63. The number of hydrogen-bond donors (Lipinski definition) is 3. The Morgan fingerprint density at radius 3 is 2.85 bits per heavy atom. The zero-order chi connectivity index (χ0) is 14.8. The summed E-state index contributed by atoms with van der Waals surface area (Å²) in [6, 6.07) is -0.306. The van der Waals surface area contributed by atoms with Gasteiger partial charge in [-0.1, -0.05) is 12.5 Å². The van der Waals surface area contributed by atoms with E-state index < -0.39 is 5.97 Å². The van der Waals surface area contributed by atoms with Crippen LogP contribution in [0.2, 0.25) is 0 Å². The predicted molar refractivity (Wildman–Crippen MR) is 75.5 cm³/mol. The summed E-state index contributed by atoms with van der Waals surface area (Å²) >= 11 is 0. The molecule has 3 N–H and O–H groups in total. The van der Waals surface area contributed by atoms with Gasteiger partial charge < -0.3 is 20.5 Å². The zero-order valence-corrected chi connectivity index (χ0v) is 11.8. The number of ether oxygens (including phenoxy) is 1. The number of hydrogen-bond acceptors (Lipinski definition) is 3. The van der Waals surface area contributed by atoms with E-state index in [4.69, 9.17) is 9.84 Å². The molecule has 0 spiro atoms. The minimum atomic E-state index is -0.771. The van der Waals surface area contributed by atoms with E-state index in [9.17, 15) is 9.59 Å². The average Bonchev–Trinajstić information content (AvgIpc) is 2.43. The van der Waals surface area contributed by atoms with Crippen LogP contribution in [0.15, 0.2) is 12.7 Å². The Balaban J connectivity index is 2.12. The van der Waals surface area contributed by atoms with Crippen molar-refractivity contribution in [3.05, 3.63) is 12.7 Å². The van der Waals surface area contributed by atoms with E-state index in [-0.39, 0.29) is 18.0 Å². The molecule has 1 fully saturated rings. The highest BCUT2D eigenvalue weighted by atomic mass is 16.5. The number of carboxylic acid groups (broad SMARTS) is 1. The molecular formula is C14H24N2O4. The van der Waals surface area contributed by atoms with Crippen molar-refractivity contribution in [2.24, 2.45) is 5.92 Å². The van der Waals surface area contributed by atoms with Crippen molar-refractivity contribution in [1.29, 1.82) is 0 Å². The molecule has 2 amide bonds. The van der Waals surface area contributed by atoms with Crippen LogP contribution in [0, 0.1) is 5.92 Å². The van der Waals surface area contributed by atoms with Crippen LogP contribution in [-0.2, 0) is 9.53 Å². The third kappa shape index (κ3) is 6.56. The number of amides is 2. The maximum Gasteiger partial charge on any atom is 0.315 e. The second-order valence-corrected chi connectivity index (χ2v) is 4.99. The van der Waals surface area contributed by atoms with E-state index in [1.807, 2.05) is 0 Å². The largest absolute Gasteiger partial charge is 0.481 e. The molecule has 0 saturated heterocycles. The SMILES string of the molecule is C=CCCOCCNC(=O)NC1CCCC(C(=O)O)C1. The second-order valence-electron chi connectivity index (χ2n) is 4.99. The third-order valence-corrected chi connectivity index (χ3v) is 3.36. The van der Waals surface area contributed by atoms with Crippen molar-refractivity contribution >= 4 is 12.0 Å². The van der Waals surface area contributed by atoms with Gasteiger partial charge in [-0.15, -0.1) is 6.58 Å². The molecule has 2 unspecified atom stereocenters. The molecule has 6 nitrogen and oxygen atoms in total. The fraction of sp³-hybridized carbons (Fsp3) is 0.714. The molecule has 0 aliphatic heterocycles.